The molecule has 0 amide bonds. The molecule has 39 heavy (non-hydrogen) atoms. The van der Waals surface area contributed by atoms with Crippen molar-refractivity contribution in [1.82, 2.24) is 9.97 Å². The Kier molecular flexibility index (Phi) is 11.0. The number of benzene rings is 2. The number of hydrogen-bond acceptors (Lipinski definition) is 6. The quantitative estimate of drug-likeness (QED) is 0.255. The van der Waals surface area contributed by atoms with E-state index in [4.69, 9.17) is 10.5 Å². The monoisotopic (exact) mass is 533 g/mol. The first-order chi connectivity index (χ1) is 18.6. The van der Waals surface area contributed by atoms with Crippen LogP contribution < -0.4 is 5.73 Å². The number of imidazole rings is 1. The number of carbonyl (C=O) groups is 2. The topological polar surface area (TPSA) is 118 Å². The molecule has 7 heteroatoms. The SMILES string of the molecule is CC(CN)C(CC(=O)[C@H](Cc1ccccc1)C[C@H](O)[C@H](Cc1ccccc1)C(=O)OC(C)(C)C)c1ncc[nH]1. The minimum Gasteiger partial charge on any atom is -0.460 e. The number of ether oxygens (including phenoxy) is 1. The van der Waals surface area contributed by atoms with Crippen LogP contribution in [-0.4, -0.2) is 45.1 Å². The van der Waals surface area contributed by atoms with Gasteiger partial charge < -0.3 is 20.6 Å². The fraction of sp³-hybridized carbons (Fsp3) is 0.469. The van der Waals surface area contributed by atoms with Gasteiger partial charge in [-0.05, 0) is 63.6 Å². The summed E-state index contributed by atoms with van der Waals surface area (Å²) in [7, 11) is 0. The second kappa shape index (κ2) is 14.2. The Morgan fingerprint density at radius 2 is 1.59 bits per heavy atom. The molecule has 0 aliphatic carbocycles. The molecular formula is C32H43N3O4. The number of esters is 1. The molecule has 0 saturated heterocycles. The normalized spacial score (nSPS) is 15.6. The van der Waals surface area contributed by atoms with Crippen molar-refractivity contribution in [3.8, 4) is 0 Å². The molecule has 210 valence electrons. The number of nitrogens with two attached hydrogens (primary N) is 1. The van der Waals surface area contributed by atoms with Crippen LogP contribution in [0.5, 0.6) is 0 Å². The fourth-order valence-corrected chi connectivity index (χ4v) is 4.90. The molecule has 1 aromatic heterocycles. The highest BCUT2D eigenvalue weighted by Crippen LogP contribution is 2.30. The molecular weight excluding hydrogens is 490 g/mol. The first-order valence-corrected chi connectivity index (χ1v) is 13.8. The number of H-pyrrole nitrogens is 1. The minimum atomic E-state index is -1.06. The van der Waals surface area contributed by atoms with Crippen LogP contribution in [0.15, 0.2) is 73.1 Å². The maximum absolute atomic E-state index is 13.9. The van der Waals surface area contributed by atoms with Crippen molar-refractivity contribution < 1.29 is 19.4 Å². The summed E-state index contributed by atoms with van der Waals surface area (Å²) in [6, 6.07) is 19.4. The van der Waals surface area contributed by atoms with E-state index in [-0.39, 0.29) is 30.5 Å². The summed E-state index contributed by atoms with van der Waals surface area (Å²) in [5.41, 5.74) is 7.22. The Morgan fingerprint density at radius 3 is 2.10 bits per heavy atom. The van der Waals surface area contributed by atoms with Crippen LogP contribution in [0, 0.1) is 17.8 Å². The molecule has 4 N–H and O–H groups in total. The van der Waals surface area contributed by atoms with E-state index in [1.54, 1.807) is 12.4 Å². The van der Waals surface area contributed by atoms with Gasteiger partial charge in [-0.1, -0.05) is 67.6 Å². The minimum absolute atomic E-state index is 0.0160. The van der Waals surface area contributed by atoms with E-state index >= 15 is 0 Å². The Bertz CT molecular complexity index is 1140. The molecule has 7 nitrogen and oxygen atoms in total. The Balaban J connectivity index is 1.87. The number of nitrogens with one attached hydrogen (secondary N) is 1. The van der Waals surface area contributed by atoms with Crippen LogP contribution in [-0.2, 0) is 27.2 Å². The second-order valence-electron chi connectivity index (χ2n) is 11.5. The lowest BCUT2D eigenvalue weighted by molar-refractivity contribution is -0.164. The third-order valence-corrected chi connectivity index (χ3v) is 7.13. The zero-order chi connectivity index (χ0) is 28.4. The van der Waals surface area contributed by atoms with Crippen molar-refractivity contribution in [2.45, 2.75) is 71.0 Å². The van der Waals surface area contributed by atoms with Gasteiger partial charge >= 0.3 is 5.97 Å². The summed E-state index contributed by atoms with van der Waals surface area (Å²) in [5.74, 6) is -1.14. The predicted octanol–water partition coefficient (Wildman–Crippen LogP) is 4.86. The molecule has 0 saturated carbocycles. The number of carbonyl (C=O) groups excluding carboxylic acids is 2. The summed E-state index contributed by atoms with van der Waals surface area (Å²) < 4.78 is 5.70. The van der Waals surface area contributed by atoms with Crippen molar-refractivity contribution in [2.75, 3.05) is 6.54 Å². The van der Waals surface area contributed by atoms with Gasteiger partial charge in [0.15, 0.2) is 0 Å². The second-order valence-corrected chi connectivity index (χ2v) is 11.5. The van der Waals surface area contributed by atoms with Gasteiger partial charge in [0.1, 0.15) is 17.2 Å². The lowest BCUT2D eigenvalue weighted by Crippen LogP contribution is -2.38. The Hall–Kier alpha value is -3.29. The largest absolute Gasteiger partial charge is 0.460 e. The summed E-state index contributed by atoms with van der Waals surface area (Å²) >= 11 is 0. The smallest absolute Gasteiger partial charge is 0.312 e. The van der Waals surface area contributed by atoms with Gasteiger partial charge in [0.05, 0.1) is 12.0 Å². The molecule has 3 rings (SSSR count). The average Bonchev–Trinajstić information content (AvgIpc) is 3.44. The van der Waals surface area contributed by atoms with Crippen LogP contribution in [0.4, 0.5) is 0 Å². The lowest BCUT2D eigenvalue weighted by atomic mass is 9.79. The van der Waals surface area contributed by atoms with Gasteiger partial charge in [-0.25, -0.2) is 4.98 Å². The molecule has 2 unspecified atom stereocenters. The van der Waals surface area contributed by atoms with Gasteiger partial charge in [-0.3, -0.25) is 9.59 Å². The number of Topliss-reactive ketones (excluding diaryl/α,β-unsaturated/α-hetero) is 1. The van der Waals surface area contributed by atoms with E-state index in [1.807, 2.05) is 88.4 Å². The summed E-state index contributed by atoms with van der Waals surface area (Å²) in [4.78, 5) is 34.7. The van der Waals surface area contributed by atoms with E-state index in [1.165, 1.54) is 0 Å². The van der Waals surface area contributed by atoms with Crippen molar-refractivity contribution >= 4 is 11.8 Å². The average molecular weight is 534 g/mol. The van der Waals surface area contributed by atoms with Gasteiger partial charge in [-0.2, -0.15) is 0 Å². The maximum Gasteiger partial charge on any atom is 0.312 e. The van der Waals surface area contributed by atoms with Crippen molar-refractivity contribution in [3.05, 3.63) is 90.0 Å². The van der Waals surface area contributed by atoms with Crippen LogP contribution in [0.25, 0.3) is 0 Å². The third-order valence-electron chi connectivity index (χ3n) is 7.13. The molecule has 5 atom stereocenters. The zero-order valence-electron chi connectivity index (χ0n) is 23.5. The highest BCUT2D eigenvalue weighted by atomic mass is 16.6. The fourth-order valence-electron chi connectivity index (χ4n) is 4.90. The van der Waals surface area contributed by atoms with Crippen LogP contribution in [0.1, 0.15) is 63.4 Å². The first-order valence-electron chi connectivity index (χ1n) is 13.8. The molecule has 0 radical (unpaired) electrons. The molecule has 3 aromatic rings. The van der Waals surface area contributed by atoms with Crippen molar-refractivity contribution in [3.63, 3.8) is 0 Å². The number of rotatable bonds is 14. The van der Waals surface area contributed by atoms with Crippen LogP contribution >= 0.6 is 0 Å². The maximum atomic E-state index is 13.9. The van der Waals surface area contributed by atoms with Gasteiger partial charge in [0, 0.05) is 30.7 Å². The van der Waals surface area contributed by atoms with Crippen molar-refractivity contribution in [2.24, 2.45) is 23.5 Å². The number of aliphatic hydroxyl groups excluding tert-OH is 1. The molecule has 0 aliphatic rings. The summed E-state index contributed by atoms with van der Waals surface area (Å²) in [6.45, 7) is 7.87. The Labute approximate surface area is 232 Å². The van der Waals surface area contributed by atoms with Crippen LogP contribution in [0.2, 0.25) is 0 Å². The molecule has 0 fully saturated rings. The molecule has 2 aromatic carbocycles. The van der Waals surface area contributed by atoms with E-state index < -0.39 is 29.5 Å². The third kappa shape index (κ3) is 9.44. The van der Waals surface area contributed by atoms with Gasteiger partial charge in [0.25, 0.3) is 0 Å². The number of hydrogen-bond donors (Lipinski definition) is 3. The zero-order valence-corrected chi connectivity index (χ0v) is 23.5. The van der Waals surface area contributed by atoms with Gasteiger partial charge in [-0.15, -0.1) is 0 Å². The predicted molar refractivity (Wildman–Crippen MR) is 153 cm³/mol. The number of ketones is 1. The Morgan fingerprint density at radius 1 is 1.00 bits per heavy atom. The standard InChI is InChI=1S/C32H43N3O4/c1-22(21-33)26(30-34-15-16-35-30)20-28(36)25(17-23-11-7-5-8-12-23)19-29(37)27(31(38)39-32(2,3)4)18-24-13-9-6-10-14-24/h5-16,22,25-27,29,37H,17-21,33H2,1-4H3,(H,34,35)/t22?,25-,26?,27+,29+/m1/s1. The van der Waals surface area contributed by atoms with E-state index in [0.717, 1.165) is 17.0 Å². The highest BCUT2D eigenvalue weighted by Gasteiger charge is 2.35. The summed E-state index contributed by atoms with van der Waals surface area (Å²) in [6.07, 6.45) is 3.53. The molecule has 0 aliphatic heterocycles. The number of aromatic nitrogens is 2. The van der Waals surface area contributed by atoms with E-state index in [2.05, 4.69) is 9.97 Å². The lowest BCUT2D eigenvalue weighted by Gasteiger charge is -2.29. The van der Waals surface area contributed by atoms with E-state index in [0.29, 0.717) is 19.4 Å². The first kappa shape index (κ1) is 30.3. The molecule has 1 heterocycles. The van der Waals surface area contributed by atoms with E-state index in [9.17, 15) is 14.7 Å². The number of aliphatic hydroxyl groups is 1. The highest BCUT2D eigenvalue weighted by molar-refractivity contribution is 5.82. The summed E-state index contributed by atoms with van der Waals surface area (Å²) in [5, 5.41) is 11.5. The molecule has 0 bridgehead atoms. The van der Waals surface area contributed by atoms with Crippen LogP contribution in [0.3, 0.4) is 0 Å². The molecule has 0 spiro atoms. The van der Waals surface area contributed by atoms with Crippen molar-refractivity contribution in [1.29, 1.82) is 0 Å². The number of aromatic amines is 1. The number of nitrogens with zero attached hydrogens (tertiary/aromatic N) is 1. The van der Waals surface area contributed by atoms with Gasteiger partial charge in [0.2, 0.25) is 0 Å².